The Hall–Kier alpha value is -4.70. The second kappa shape index (κ2) is 14.0. The Labute approximate surface area is 251 Å². The lowest BCUT2D eigenvalue weighted by Gasteiger charge is -2.33. The number of ether oxygens (including phenoxy) is 1. The Morgan fingerprint density at radius 1 is 0.884 bits per heavy atom. The maximum Gasteiger partial charge on any atom is 0.264 e. The summed E-state index contributed by atoms with van der Waals surface area (Å²) < 4.78 is 48.0. The van der Waals surface area contributed by atoms with E-state index in [1.165, 1.54) is 43.3 Å². The number of carbonyl (C=O) groups is 2. The lowest BCUT2D eigenvalue weighted by molar-refractivity contribution is -0.139. The molecule has 2 amide bonds. The molecule has 0 heterocycles. The fourth-order valence-electron chi connectivity index (χ4n) is 4.66. The van der Waals surface area contributed by atoms with Crippen LogP contribution in [0.25, 0.3) is 0 Å². The Bertz CT molecular complexity index is 1650. The summed E-state index contributed by atoms with van der Waals surface area (Å²) in [4.78, 5) is 28.9. The number of hydrogen-bond donors (Lipinski definition) is 1. The first-order chi connectivity index (χ1) is 20.6. The van der Waals surface area contributed by atoms with Crippen LogP contribution in [0.5, 0.6) is 5.75 Å². The van der Waals surface area contributed by atoms with E-state index in [9.17, 15) is 22.4 Å². The molecule has 1 atom stereocenters. The summed E-state index contributed by atoms with van der Waals surface area (Å²) >= 11 is 0. The molecule has 0 fully saturated rings. The van der Waals surface area contributed by atoms with Gasteiger partial charge in [0, 0.05) is 20.0 Å². The minimum atomic E-state index is -4.26. The van der Waals surface area contributed by atoms with E-state index in [2.05, 4.69) is 5.32 Å². The molecule has 224 valence electrons. The number of amides is 2. The standard InChI is InChI=1S/C33H34FN3O5S/c1-24-12-18-30(19-13-24)43(40,41)37(28-16-14-27(34)15-17-28)23-32(38)36(22-26-10-7-11-29(20-26)42-3)31(33(39)35-2)21-25-8-5-4-6-9-25/h4-20,31H,21-23H2,1-3H3,(H,35,39). The molecule has 43 heavy (non-hydrogen) atoms. The number of carbonyl (C=O) groups excluding carboxylic acids is 2. The van der Waals surface area contributed by atoms with Gasteiger partial charge in [-0.3, -0.25) is 13.9 Å². The molecule has 0 bridgehead atoms. The maximum absolute atomic E-state index is 14.3. The molecule has 4 aromatic carbocycles. The number of anilines is 1. The van der Waals surface area contributed by atoms with Crippen LogP contribution in [-0.2, 0) is 32.6 Å². The number of nitrogens with zero attached hydrogens (tertiary/aromatic N) is 2. The smallest absolute Gasteiger partial charge is 0.264 e. The monoisotopic (exact) mass is 603 g/mol. The van der Waals surface area contributed by atoms with E-state index >= 15 is 0 Å². The van der Waals surface area contributed by atoms with Crippen LogP contribution in [0.3, 0.4) is 0 Å². The van der Waals surface area contributed by atoms with Crippen molar-refractivity contribution in [3.05, 3.63) is 126 Å². The van der Waals surface area contributed by atoms with Crippen LogP contribution in [0.2, 0.25) is 0 Å². The summed E-state index contributed by atoms with van der Waals surface area (Å²) in [6.45, 7) is 1.21. The number of halogens is 1. The highest BCUT2D eigenvalue weighted by Gasteiger charge is 2.34. The molecule has 0 saturated heterocycles. The van der Waals surface area contributed by atoms with E-state index in [1.807, 2.05) is 37.3 Å². The van der Waals surface area contributed by atoms with Crippen molar-refractivity contribution in [3.63, 3.8) is 0 Å². The van der Waals surface area contributed by atoms with Crippen molar-refractivity contribution in [2.75, 3.05) is 25.0 Å². The predicted octanol–water partition coefficient (Wildman–Crippen LogP) is 4.72. The van der Waals surface area contributed by atoms with Gasteiger partial charge in [0.05, 0.1) is 17.7 Å². The van der Waals surface area contributed by atoms with Crippen LogP contribution in [0.15, 0.2) is 108 Å². The number of sulfonamides is 1. The third kappa shape index (κ3) is 7.78. The summed E-state index contributed by atoms with van der Waals surface area (Å²) in [5, 5.41) is 2.65. The Balaban J connectivity index is 1.79. The Morgan fingerprint density at radius 2 is 1.53 bits per heavy atom. The lowest BCUT2D eigenvalue weighted by Crippen LogP contribution is -2.53. The number of benzene rings is 4. The predicted molar refractivity (Wildman–Crippen MR) is 164 cm³/mol. The summed E-state index contributed by atoms with van der Waals surface area (Å²) in [5.74, 6) is -1.01. The van der Waals surface area contributed by atoms with Gasteiger partial charge in [-0.05, 0) is 66.6 Å². The summed E-state index contributed by atoms with van der Waals surface area (Å²) in [6, 6.07) is 26.5. The normalized spacial score (nSPS) is 11.8. The van der Waals surface area contributed by atoms with Crippen molar-refractivity contribution >= 4 is 27.5 Å². The van der Waals surface area contributed by atoms with Crippen molar-refractivity contribution < 1.29 is 27.1 Å². The van der Waals surface area contributed by atoms with Crippen molar-refractivity contribution in [2.45, 2.75) is 30.8 Å². The molecule has 0 radical (unpaired) electrons. The third-order valence-corrected chi connectivity index (χ3v) is 8.80. The van der Waals surface area contributed by atoms with E-state index in [4.69, 9.17) is 4.74 Å². The number of aryl methyl sites for hydroxylation is 1. The fourth-order valence-corrected chi connectivity index (χ4v) is 6.08. The number of hydrogen-bond acceptors (Lipinski definition) is 5. The van der Waals surface area contributed by atoms with Crippen LogP contribution in [0.4, 0.5) is 10.1 Å². The Morgan fingerprint density at radius 3 is 2.16 bits per heavy atom. The first-order valence-electron chi connectivity index (χ1n) is 13.6. The minimum absolute atomic E-state index is 0.00277. The van der Waals surface area contributed by atoms with Crippen LogP contribution in [0.1, 0.15) is 16.7 Å². The molecule has 1 unspecified atom stereocenters. The first kappa shape index (κ1) is 31.2. The topological polar surface area (TPSA) is 96.0 Å². The molecule has 0 aliphatic carbocycles. The molecular weight excluding hydrogens is 569 g/mol. The maximum atomic E-state index is 14.3. The van der Waals surface area contributed by atoms with Gasteiger partial charge in [-0.25, -0.2) is 12.8 Å². The minimum Gasteiger partial charge on any atom is -0.497 e. The van der Waals surface area contributed by atoms with E-state index in [-0.39, 0.29) is 23.5 Å². The molecule has 10 heteroatoms. The zero-order valence-corrected chi connectivity index (χ0v) is 25.1. The SMILES string of the molecule is CNC(=O)C(Cc1ccccc1)N(Cc1cccc(OC)c1)C(=O)CN(c1ccc(F)cc1)S(=O)(=O)c1ccc(C)cc1. The third-order valence-electron chi connectivity index (χ3n) is 7.01. The largest absolute Gasteiger partial charge is 0.497 e. The molecule has 0 aliphatic heterocycles. The van der Waals surface area contributed by atoms with Crippen LogP contribution in [0, 0.1) is 12.7 Å². The highest BCUT2D eigenvalue weighted by atomic mass is 32.2. The molecular formula is C33H34FN3O5S. The molecule has 0 spiro atoms. The zero-order valence-electron chi connectivity index (χ0n) is 24.2. The van der Waals surface area contributed by atoms with E-state index in [0.29, 0.717) is 11.3 Å². The number of nitrogens with one attached hydrogen (secondary N) is 1. The van der Waals surface area contributed by atoms with E-state index < -0.39 is 40.2 Å². The van der Waals surface area contributed by atoms with Crippen molar-refractivity contribution in [1.29, 1.82) is 0 Å². The number of methoxy groups -OCH3 is 1. The van der Waals surface area contributed by atoms with E-state index in [0.717, 1.165) is 27.6 Å². The fraction of sp³-hybridized carbons (Fsp3) is 0.212. The highest BCUT2D eigenvalue weighted by Crippen LogP contribution is 2.26. The van der Waals surface area contributed by atoms with Crippen molar-refractivity contribution in [3.8, 4) is 5.75 Å². The highest BCUT2D eigenvalue weighted by molar-refractivity contribution is 7.92. The molecule has 8 nitrogen and oxygen atoms in total. The number of rotatable bonds is 12. The van der Waals surface area contributed by atoms with Gasteiger partial charge in [-0.2, -0.15) is 0 Å². The average molecular weight is 604 g/mol. The molecule has 1 N–H and O–H groups in total. The zero-order chi connectivity index (χ0) is 31.0. The van der Waals surface area contributed by atoms with Gasteiger partial charge in [0.1, 0.15) is 24.2 Å². The number of likely N-dealkylation sites (N-methyl/N-ethyl adjacent to an activating group) is 1. The van der Waals surface area contributed by atoms with Crippen molar-refractivity contribution in [2.24, 2.45) is 0 Å². The molecule has 4 rings (SSSR count). The van der Waals surface area contributed by atoms with Gasteiger partial charge in [0.15, 0.2) is 0 Å². The van der Waals surface area contributed by atoms with Crippen LogP contribution in [-0.4, -0.2) is 51.9 Å². The summed E-state index contributed by atoms with van der Waals surface area (Å²) in [5.41, 5.74) is 2.48. The molecule has 4 aromatic rings. The lowest BCUT2D eigenvalue weighted by atomic mass is 10.0. The van der Waals surface area contributed by atoms with Gasteiger partial charge >= 0.3 is 0 Å². The van der Waals surface area contributed by atoms with Gasteiger partial charge in [-0.15, -0.1) is 0 Å². The first-order valence-corrected chi connectivity index (χ1v) is 15.1. The molecule has 0 saturated carbocycles. The van der Waals surface area contributed by atoms with Gasteiger partial charge in [0.2, 0.25) is 11.8 Å². The molecule has 0 aromatic heterocycles. The second-order valence-electron chi connectivity index (χ2n) is 9.99. The van der Waals surface area contributed by atoms with E-state index in [1.54, 1.807) is 36.4 Å². The molecule has 0 aliphatic rings. The van der Waals surface area contributed by atoms with Gasteiger partial charge in [-0.1, -0.05) is 60.2 Å². The van der Waals surface area contributed by atoms with Crippen LogP contribution >= 0.6 is 0 Å². The van der Waals surface area contributed by atoms with Crippen molar-refractivity contribution in [1.82, 2.24) is 10.2 Å². The van der Waals surface area contributed by atoms with Gasteiger partial charge < -0.3 is 15.0 Å². The quantitative estimate of drug-likeness (QED) is 0.253. The summed E-state index contributed by atoms with van der Waals surface area (Å²) in [6.07, 6.45) is 0.192. The Kier molecular flexibility index (Phi) is 10.2. The second-order valence-corrected chi connectivity index (χ2v) is 11.9. The average Bonchev–Trinajstić information content (AvgIpc) is 3.02. The van der Waals surface area contributed by atoms with Gasteiger partial charge in [0.25, 0.3) is 10.0 Å². The van der Waals surface area contributed by atoms with Crippen LogP contribution < -0.4 is 14.4 Å². The summed E-state index contributed by atoms with van der Waals surface area (Å²) in [7, 11) is -1.25.